The first-order valence-electron chi connectivity index (χ1n) is 7.31. The molecule has 21 heavy (non-hydrogen) atoms. The van der Waals surface area contributed by atoms with E-state index in [1.165, 1.54) is 0 Å². The lowest BCUT2D eigenvalue weighted by Crippen LogP contribution is -2.30. The third kappa shape index (κ3) is 7.79. The molecule has 0 fully saturated rings. The number of methoxy groups -OCH3 is 1. The number of rotatable bonds is 11. The van der Waals surface area contributed by atoms with Gasteiger partial charge in [0.2, 0.25) is 0 Å². The average molecular weight is 316 g/mol. The monoisotopic (exact) mass is 315 g/mol. The van der Waals surface area contributed by atoms with Crippen LogP contribution < -0.4 is 5.32 Å². The van der Waals surface area contributed by atoms with Gasteiger partial charge in [-0.25, -0.2) is 0 Å². The van der Waals surface area contributed by atoms with E-state index in [-0.39, 0.29) is 6.10 Å². The van der Waals surface area contributed by atoms with Gasteiger partial charge in [0, 0.05) is 30.3 Å². The summed E-state index contributed by atoms with van der Waals surface area (Å²) in [5.74, 6) is 0. The minimum absolute atomic E-state index is 0.0767. The van der Waals surface area contributed by atoms with Gasteiger partial charge in [-0.3, -0.25) is 0 Å². The standard InChI is InChI=1S/C16H26ClNO3/c1-13(2)18-12-16(14-6-4-5-7-15(14)17)21-11-10-20-9-8-19-3/h4-7,13,16,18H,8-12H2,1-3H3. The van der Waals surface area contributed by atoms with Gasteiger partial charge in [0.05, 0.1) is 32.5 Å². The van der Waals surface area contributed by atoms with E-state index in [0.717, 1.165) is 17.1 Å². The Labute approximate surface area is 132 Å². The van der Waals surface area contributed by atoms with Crippen LogP contribution in [0.4, 0.5) is 0 Å². The van der Waals surface area contributed by atoms with Crippen LogP contribution >= 0.6 is 11.6 Å². The predicted octanol–water partition coefficient (Wildman–Crippen LogP) is 3.06. The third-order valence-corrected chi connectivity index (χ3v) is 3.29. The van der Waals surface area contributed by atoms with Gasteiger partial charge in [-0.15, -0.1) is 0 Å². The Morgan fingerprint density at radius 1 is 1.10 bits per heavy atom. The minimum atomic E-state index is -0.0767. The topological polar surface area (TPSA) is 39.7 Å². The van der Waals surface area contributed by atoms with E-state index in [2.05, 4.69) is 19.2 Å². The van der Waals surface area contributed by atoms with Crippen LogP contribution in [0.5, 0.6) is 0 Å². The molecule has 0 saturated carbocycles. The summed E-state index contributed by atoms with van der Waals surface area (Å²) in [6, 6.07) is 8.18. The van der Waals surface area contributed by atoms with Gasteiger partial charge in [0.1, 0.15) is 0 Å². The number of hydrogen-bond acceptors (Lipinski definition) is 4. The van der Waals surface area contributed by atoms with Crippen molar-refractivity contribution in [3.8, 4) is 0 Å². The third-order valence-electron chi connectivity index (χ3n) is 2.94. The first kappa shape index (κ1) is 18.4. The highest BCUT2D eigenvalue weighted by Crippen LogP contribution is 2.25. The average Bonchev–Trinajstić information content (AvgIpc) is 2.46. The van der Waals surface area contributed by atoms with Gasteiger partial charge >= 0.3 is 0 Å². The van der Waals surface area contributed by atoms with Gasteiger partial charge < -0.3 is 19.5 Å². The van der Waals surface area contributed by atoms with Crippen molar-refractivity contribution in [3.05, 3.63) is 34.9 Å². The fourth-order valence-corrected chi connectivity index (χ4v) is 2.09. The number of nitrogens with one attached hydrogen (secondary N) is 1. The van der Waals surface area contributed by atoms with E-state index < -0.39 is 0 Å². The van der Waals surface area contributed by atoms with E-state index in [4.69, 9.17) is 25.8 Å². The first-order valence-corrected chi connectivity index (χ1v) is 7.69. The Kier molecular flexibility index (Phi) is 9.63. The molecule has 0 aliphatic rings. The van der Waals surface area contributed by atoms with Gasteiger partial charge in [-0.1, -0.05) is 43.6 Å². The quantitative estimate of drug-likeness (QED) is 0.637. The smallest absolute Gasteiger partial charge is 0.0964 e. The highest BCUT2D eigenvalue weighted by atomic mass is 35.5. The Morgan fingerprint density at radius 3 is 2.48 bits per heavy atom. The molecule has 0 aliphatic heterocycles. The second kappa shape index (κ2) is 11.0. The lowest BCUT2D eigenvalue weighted by atomic mass is 10.1. The van der Waals surface area contributed by atoms with Crippen molar-refractivity contribution in [2.75, 3.05) is 40.1 Å². The second-order valence-corrected chi connectivity index (χ2v) is 5.46. The molecule has 4 nitrogen and oxygen atoms in total. The Balaban J connectivity index is 2.47. The molecular weight excluding hydrogens is 290 g/mol. The van der Waals surface area contributed by atoms with E-state index >= 15 is 0 Å². The zero-order valence-corrected chi connectivity index (χ0v) is 13.9. The maximum absolute atomic E-state index is 6.26. The molecule has 1 aromatic carbocycles. The van der Waals surface area contributed by atoms with Crippen LogP contribution in [0.2, 0.25) is 5.02 Å². The van der Waals surface area contributed by atoms with E-state index in [0.29, 0.717) is 32.5 Å². The maximum Gasteiger partial charge on any atom is 0.0964 e. The van der Waals surface area contributed by atoms with E-state index in [1.54, 1.807) is 7.11 Å². The van der Waals surface area contributed by atoms with Crippen LogP contribution in [0.25, 0.3) is 0 Å². The van der Waals surface area contributed by atoms with Crippen molar-refractivity contribution in [2.24, 2.45) is 0 Å². The molecule has 1 atom stereocenters. The summed E-state index contributed by atoms with van der Waals surface area (Å²) in [4.78, 5) is 0. The lowest BCUT2D eigenvalue weighted by Gasteiger charge is -2.21. The highest BCUT2D eigenvalue weighted by Gasteiger charge is 2.15. The van der Waals surface area contributed by atoms with Crippen LogP contribution in [0, 0.1) is 0 Å². The molecule has 0 amide bonds. The Morgan fingerprint density at radius 2 is 1.81 bits per heavy atom. The lowest BCUT2D eigenvalue weighted by molar-refractivity contribution is -0.00734. The number of ether oxygens (including phenoxy) is 3. The van der Waals surface area contributed by atoms with Gasteiger partial charge in [0.15, 0.2) is 0 Å². The molecule has 5 heteroatoms. The van der Waals surface area contributed by atoms with Crippen molar-refractivity contribution in [1.82, 2.24) is 5.32 Å². The largest absolute Gasteiger partial charge is 0.382 e. The van der Waals surface area contributed by atoms with Crippen molar-refractivity contribution >= 4 is 11.6 Å². The van der Waals surface area contributed by atoms with Gasteiger partial charge in [-0.2, -0.15) is 0 Å². The van der Waals surface area contributed by atoms with E-state index in [9.17, 15) is 0 Å². The zero-order valence-electron chi connectivity index (χ0n) is 13.1. The van der Waals surface area contributed by atoms with Crippen molar-refractivity contribution in [1.29, 1.82) is 0 Å². The van der Waals surface area contributed by atoms with Crippen molar-refractivity contribution in [2.45, 2.75) is 26.0 Å². The SMILES string of the molecule is COCCOCCOC(CNC(C)C)c1ccccc1Cl. The first-order chi connectivity index (χ1) is 10.1. The number of hydrogen-bond donors (Lipinski definition) is 1. The van der Waals surface area contributed by atoms with Crippen LogP contribution in [0.15, 0.2) is 24.3 Å². The molecule has 0 aromatic heterocycles. The molecule has 1 rings (SSSR count). The summed E-state index contributed by atoms with van der Waals surface area (Å²) < 4.78 is 16.3. The Hall–Kier alpha value is -0.650. The summed E-state index contributed by atoms with van der Waals surface area (Å²) in [6.45, 7) is 7.20. The van der Waals surface area contributed by atoms with Crippen molar-refractivity contribution in [3.63, 3.8) is 0 Å². The molecule has 0 heterocycles. The molecule has 1 unspecified atom stereocenters. The van der Waals surface area contributed by atoms with E-state index in [1.807, 2.05) is 24.3 Å². The van der Waals surface area contributed by atoms with Gasteiger partial charge in [0.25, 0.3) is 0 Å². The van der Waals surface area contributed by atoms with Crippen LogP contribution in [-0.2, 0) is 14.2 Å². The fourth-order valence-electron chi connectivity index (χ4n) is 1.83. The molecule has 0 spiro atoms. The second-order valence-electron chi connectivity index (χ2n) is 5.05. The summed E-state index contributed by atoms with van der Waals surface area (Å²) in [5.41, 5.74) is 1.00. The number of benzene rings is 1. The summed E-state index contributed by atoms with van der Waals surface area (Å²) in [5, 5.41) is 4.12. The molecule has 1 aromatic rings. The van der Waals surface area contributed by atoms with Crippen molar-refractivity contribution < 1.29 is 14.2 Å². The Bertz CT molecular complexity index is 388. The highest BCUT2D eigenvalue weighted by molar-refractivity contribution is 6.31. The molecule has 0 bridgehead atoms. The minimum Gasteiger partial charge on any atom is -0.382 e. The van der Waals surface area contributed by atoms with Crippen LogP contribution in [0.1, 0.15) is 25.5 Å². The molecule has 0 saturated heterocycles. The molecule has 0 aliphatic carbocycles. The number of halogens is 1. The fraction of sp³-hybridized carbons (Fsp3) is 0.625. The summed E-state index contributed by atoms with van der Waals surface area (Å²) >= 11 is 6.26. The van der Waals surface area contributed by atoms with Crippen LogP contribution in [0.3, 0.4) is 0 Å². The van der Waals surface area contributed by atoms with Gasteiger partial charge in [-0.05, 0) is 6.07 Å². The zero-order chi connectivity index (χ0) is 15.5. The molecule has 1 N–H and O–H groups in total. The normalized spacial score (nSPS) is 12.8. The summed E-state index contributed by atoms with van der Waals surface area (Å²) in [6.07, 6.45) is -0.0767. The molecular formula is C16H26ClNO3. The molecule has 0 radical (unpaired) electrons. The summed E-state index contributed by atoms with van der Waals surface area (Å²) in [7, 11) is 1.66. The molecule has 120 valence electrons. The maximum atomic E-state index is 6.26. The predicted molar refractivity (Wildman–Crippen MR) is 86.0 cm³/mol. The van der Waals surface area contributed by atoms with Crippen LogP contribution in [-0.4, -0.2) is 46.1 Å².